The standard InChI is InChI=1S/C21H19N3O3/c25-21(22-15-8-9-19-20(12-15)27-11-10-26-19)17-13-18(14-6-7-14)24(23-17)16-4-2-1-3-5-16/h1-5,8-9,12-14H,6-7,10-11H2,(H,22,25). The fourth-order valence-electron chi connectivity index (χ4n) is 3.27. The van der Waals surface area contributed by atoms with Crippen LogP contribution in [0.5, 0.6) is 11.5 Å². The van der Waals surface area contributed by atoms with E-state index < -0.39 is 0 Å². The smallest absolute Gasteiger partial charge is 0.276 e. The van der Waals surface area contributed by atoms with Crippen LogP contribution in [0, 0.1) is 0 Å². The van der Waals surface area contributed by atoms with Crippen LogP contribution in [-0.4, -0.2) is 28.9 Å². The van der Waals surface area contributed by atoms with Crippen LogP contribution in [0.2, 0.25) is 0 Å². The number of ether oxygens (including phenoxy) is 2. The Morgan fingerprint density at radius 2 is 1.78 bits per heavy atom. The molecule has 6 heteroatoms. The van der Waals surface area contributed by atoms with Gasteiger partial charge in [0, 0.05) is 23.4 Å². The molecule has 1 fully saturated rings. The lowest BCUT2D eigenvalue weighted by atomic mass is 10.2. The predicted molar refractivity (Wildman–Crippen MR) is 101 cm³/mol. The van der Waals surface area contributed by atoms with E-state index in [1.165, 1.54) is 0 Å². The van der Waals surface area contributed by atoms with Crippen molar-refractivity contribution in [1.29, 1.82) is 0 Å². The lowest BCUT2D eigenvalue weighted by Gasteiger charge is -2.18. The largest absolute Gasteiger partial charge is 0.486 e. The monoisotopic (exact) mass is 361 g/mol. The Balaban J connectivity index is 1.42. The first-order valence-corrected chi connectivity index (χ1v) is 9.14. The summed E-state index contributed by atoms with van der Waals surface area (Å²) in [6.07, 6.45) is 2.28. The summed E-state index contributed by atoms with van der Waals surface area (Å²) in [5.74, 6) is 1.59. The van der Waals surface area contributed by atoms with Crippen molar-refractivity contribution in [2.75, 3.05) is 18.5 Å². The van der Waals surface area contributed by atoms with Gasteiger partial charge in [-0.05, 0) is 43.2 Å². The molecule has 1 N–H and O–H groups in total. The van der Waals surface area contributed by atoms with Crippen LogP contribution in [0.3, 0.4) is 0 Å². The number of aromatic nitrogens is 2. The van der Waals surface area contributed by atoms with Crippen LogP contribution in [0.15, 0.2) is 54.6 Å². The zero-order valence-corrected chi connectivity index (χ0v) is 14.7. The number of hydrogen-bond donors (Lipinski definition) is 1. The van der Waals surface area contributed by atoms with Crippen LogP contribution in [0.4, 0.5) is 5.69 Å². The third-order valence-electron chi connectivity index (χ3n) is 4.77. The normalized spacial score (nSPS) is 15.4. The molecular formula is C21H19N3O3. The first-order valence-electron chi connectivity index (χ1n) is 9.14. The van der Waals surface area contributed by atoms with Crippen LogP contribution < -0.4 is 14.8 Å². The van der Waals surface area contributed by atoms with Gasteiger partial charge in [0.1, 0.15) is 13.2 Å². The van der Waals surface area contributed by atoms with Crippen LogP contribution in [0.25, 0.3) is 5.69 Å². The van der Waals surface area contributed by atoms with E-state index in [9.17, 15) is 4.79 Å². The molecule has 1 aromatic heterocycles. The van der Waals surface area contributed by atoms with Crippen LogP contribution in [0.1, 0.15) is 34.9 Å². The van der Waals surface area contributed by atoms with Gasteiger partial charge < -0.3 is 14.8 Å². The zero-order valence-electron chi connectivity index (χ0n) is 14.7. The highest BCUT2D eigenvalue weighted by atomic mass is 16.6. The average molecular weight is 361 g/mol. The molecule has 1 aliphatic heterocycles. The molecule has 0 spiro atoms. The van der Waals surface area contributed by atoms with E-state index in [1.807, 2.05) is 47.1 Å². The third-order valence-corrected chi connectivity index (χ3v) is 4.77. The number of amides is 1. The molecule has 5 rings (SSSR count). The van der Waals surface area contributed by atoms with E-state index in [2.05, 4.69) is 10.4 Å². The Morgan fingerprint density at radius 1 is 1.00 bits per heavy atom. The molecule has 27 heavy (non-hydrogen) atoms. The van der Waals surface area contributed by atoms with Gasteiger partial charge in [-0.15, -0.1) is 0 Å². The van der Waals surface area contributed by atoms with Gasteiger partial charge in [0.2, 0.25) is 0 Å². The van der Waals surface area contributed by atoms with Gasteiger partial charge in [0.15, 0.2) is 17.2 Å². The fourth-order valence-corrected chi connectivity index (χ4v) is 3.27. The van der Waals surface area contributed by atoms with Crippen molar-refractivity contribution in [3.8, 4) is 17.2 Å². The number of benzene rings is 2. The SMILES string of the molecule is O=C(Nc1ccc2c(c1)OCCO2)c1cc(C2CC2)n(-c2ccccc2)n1. The number of carbonyl (C=O) groups excluding carboxylic acids is 1. The molecule has 0 radical (unpaired) electrons. The molecule has 0 atom stereocenters. The van der Waals surface area contributed by atoms with E-state index in [4.69, 9.17) is 9.47 Å². The molecule has 0 bridgehead atoms. The van der Waals surface area contributed by atoms with E-state index in [1.54, 1.807) is 12.1 Å². The Kier molecular flexibility index (Phi) is 3.81. The molecule has 1 saturated carbocycles. The van der Waals surface area contributed by atoms with E-state index in [0.29, 0.717) is 42.0 Å². The number of anilines is 1. The van der Waals surface area contributed by atoms with Crippen molar-refractivity contribution in [2.45, 2.75) is 18.8 Å². The second-order valence-electron chi connectivity index (χ2n) is 6.79. The number of nitrogens with zero attached hydrogens (tertiary/aromatic N) is 2. The summed E-state index contributed by atoms with van der Waals surface area (Å²) in [5, 5.41) is 7.48. The van der Waals surface area contributed by atoms with Gasteiger partial charge in [-0.3, -0.25) is 4.79 Å². The third kappa shape index (κ3) is 3.14. The van der Waals surface area contributed by atoms with Gasteiger partial charge in [-0.25, -0.2) is 4.68 Å². The summed E-state index contributed by atoms with van der Waals surface area (Å²) in [5.41, 5.74) is 3.13. The maximum Gasteiger partial charge on any atom is 0.276 e. The maximum atomic E-state index is 12.8. The number of carbonyl (C=O) groups is 1. The lowest BCUT2D eigenvalue weighted by molar-refractivity contribution is 0.102. The second kappa shape index (κ2) is 6.46. The molecule has 1 amide bonds. The Bertz CT molecular complexity index is 993. The summed E-state index contributed by atoms with van der Waals surface area (Å²) in [6.45, 7) is 1.05. The van der Waals surface area contributed by atoms with Crippen LogP contribution in [-0.2, 0) is 0 Å². The molecule has 6 nitrogen and oxygen atoms in total. The average Bonchev–Trinajstić information content (AvgIpc) is 3.46. The zero-order chi connectivity index (χ0) is 18.2. The Labute approximate surface area is 156 Å². The number of fused-ring (bicyclic) bond motifs is 1. The predicted octanol–water partition coefficient (Wildman–Crippen LogP) is 3.77. The van der Waals surface area contributed by atoms with Gasteiger partial charge in [0.25, 0.3) is 5.91 Å². The molecular weight excluding hydrogens is 342 g/mol. The fraction of sp³-hybridized carbons (Fsp3) is 0.238. The van der Waals surface area contributed by atoms with Crippen molar-refractivity contribution in [3.63, 3.8) is 0 Å². The quantitative estimate of drug-likeness (QED) is 0.768. The van der Waals surface area contributed by atoms with Crippen molar-refractivity contribution in [2.24, 2.45) is 0 Å². The van der Waals surface area contributed by atoms with Gasteiger partial charge in [-0.1, -0.05) is 18.2 Å². The molecule has 136 valence electrons. The molecule has 0 saturated heterocycles. The minimum atomic E-state index is -0.233. The lowest BCUT2D eigenvalue weighted by Crippen LogP contribution is -2.16. The van der Waals surface area contributed by atoms with Crippen molar-refractivity contribution < 1.29 is 14.3 Å². The highest BCUT2D eigenvalue weighted by Crippen LogP contribution is 2.41. The van der Waals surface area contributed by atoms with Gasteiger partial charge in [-0.2, -0.15) is 5.10 Å². The molecule has 2 aromatic carbocycles. The van der Waals surface area contributed by atoms with Crippen molar-refractivity contribution in [1.82, 2.24) is 9.78 Å². The minimum absolute atomic E-state index is 0.233. The number of para-hydroxylation sites is 1. The van der Waals surface area contributed by atoms with E-state index >= 15 is 0 Å². The second-order valence-corrected chi connectivity index (χ2v) is 6.79. The molecule has 1 aliphatic carbocycles. The molecule has 2 aliphatic rings. The van der Waals surface area contributed by atoms with Crippen molar-refractivity contribution >= 4 is 11.6 Å². The summed E-state index contributed by atoms with van der Waals surface area (Å²) in [7, 11) is 0. The number of hydrogen-bond acceptors (Lipinski definition) is 4. The topological polar surface area (TPSA) is 65.4 Å². The Morgan fingerprint density at radius 3 is 2.56 bits per heavy atom. The summed E-state index contributed by atoms with van der Waals surface area (Å²) in [4.78, 5) is 12.8. The van der Waals surface area contributed by atoms with Crippen molar-refractivity contribution in [3.05, 3.63) is 66.0 Å². The van der Waals surface area contributed by atoms with E-state index in [-0.39, 0.29) is 5.91 Å². The highest BCUT2D eigenvalue weighted by molar-refractivity contribution is 6.03. The van der Waals surface area contributed by atoms with Crippen LogP contribution >= 0.6 is 0 Å². The first kappa shape index (κ1) is 15.9. The molecule has 3 aromatic rings. The summed E-state index contributed by atoms with van der Waals surface area (Å²) >= 11 is 0. The Hall–Kier alpha value is -3.28. The summed E-state index contributed by atoms with van der Waals surface area (Å²) < 4.78 is 13.0. The van der Waals surface area contributed by atoms with Gasteiger partial charge in [0.05, 0.1) is 5.69 Å². The van der Waals surface area contributed by atoms with E-state index in [0.717, 1.165) is 24.2 Å². The maximum absolute atomic E-state index is 12.8. The number of rotatable bonds is 4. The van der Waals surface area contributed by atoms with Gasteiger partial charge >= 0.3 is 0 Å². The number of nitrogens with one attached hydrogen (secondary N) is 1. The highest BCUT2D eigenvalue weighted by Gasteiger charge is 2.29. The summed E-state index contributed by atoms with van der Waals surface area (Å²) in [6, 6.07) is 17.2. The molecule has 0 unspecified atom stereocenters. The first-order chi connectivity index (χ1) is 13.3. The minimum Gasteiger partial charge on any atom is -0.486 e. The molecule has 2 heterocycles.